The number of nitrogens with one attached hydrogen (secondary N) is 2. The average Bonchev–Trinajstić information content (AvgIpc) is 3.34. The summed E-state index contributed by atoms with van der Waals surface area (Å²) in [5.74, 6) is 0.748. The highest BCUT2D eigenvalue weighted by molar-refractivity contribution is 5.97. The van der Waals surface area contributed by atoms with Crippen LogP contribution in [-0.2, 0) is 4.79 Å². The number of nitrogens with zero attached hydrogens (tertiary/aromatic N) is 2. The monoisotopic (exact) mass is 419 g/mol. The number of nitrogen functional groups attached to an aromatic ring is 1. The summed E-state index contributed by atoms with van der Waals surface area (Å²) in [5, 5.41) is 16.0. The van der Waals surface area contributed by atoms with Crippen LogP contribution in [0.25, 0.3) is 0 Å². The molecule has 2 fully saturated rings. The van der Waals surface area contributed by atoms with Crippen molar-refractivity contribution in [1.82, 2.24) is 4.90 Å². The van der Waals surface area contributed by atoms with Gasteiger partial charge in [-0.25, -0.2) is 4.79 Å². The first-order chi connectivity index (χ1) is 15.0. The average molecular weight is 420 g/mol. The highest BCUT2D eigenvalue weighted by Crippen LogP contribution is 2.27. The Labute approximate surface area is 182 Å². The van der Waals surface area contributed by atoms with Crippen LogP contribution in [0.2, 0.25) is 0 Å². The van der Waals surface area contributed by atoms with Crippen molar-refractivity contribution in [3.63, 3.8) is 0 Å². The Morgan fingerprint density at radius 2 is 1.65 bits per heavy atom. The number of amidine groups is 2. The molecule has 0 radical (unpaired) electrons. The fraction of sp³-hybridized carbons (Fsp3) is 0.375. The second-order valence-electron chi connectivity index (χ2n) is 8.16. The lowest BCUT2D eigenvalue weighted by atomic mass is 10.0. The SMILES string of the molecule is N=C(N)c1cccc(N2CCCC[C@@H]2C(=O)Oc2ccc(C(=N)N3CCCC3)cc2)c1. The van der Waals surface area contributed by atoms with Gasteiger partial charge in [0.1, 0.15) is 23.5 Å². The number of carbonyl (C=O) groups excluding carboxylic acids is 1. The molecule has 0 bridgehead atoms. The van der Waals surface area contributed by atoms with Crippen molar-refractivity contribution in [2.45, 2.75) is 38.1 Å². The Balaban J connectivity index is 1.45. The lowest BCUT2D eigenvalue weighted by molar-refractivity contribution is -0.136. The molecule has 31 heavy (non-hydrogen) atoms. The van der Waals surface area contributed by atoms with Gasteiger partial charge in [-0.2, -0.15) is 0 Å². The number of likely N-dealkylation sites (tertiary alicyclic amines) is 1. The van der Waals surface area contributed by atoms with E-state index in [4.69, 9.17) is 21.3 Å². The molecule has 0 spiro atoms. The van der Waals surface area contributed by atoms with Crippen molar-refractivity contribution in [3.8, 4) is 5.75 Å². The van der Waals surface area contributed by atoms with E-state index in [9.17, 15) is 4.79 Å². The molecule has 7 nitrogen and oxygen atoms in total. The second-order valence-corrected chi connectivity index (χ2v) is 8.16. The second kappa shape index (κ2) is 9.20. The minimum Gasteiger partial charge on any atom is -0.425 e. The van der Waals surface area contributed by atoms with E-state index in [2.05, 4.69) is 9.80 Å². The lowest BCUT2D eigenvalue weighted by Crippen LogP contribution is -2.46. The van der Waals surface area contributed by atoms with E-state index >= 15 is 0 Å². The molecule has 0 aromatic heterocycles. The number of carbonyl (C=O) groups is 1. The van der Waals surface area contributed by atoms with E-state index in [0.29, 0.717) is 17.1 Å². The fourth-order valence-electron chi connectivity index (χ4n) is 4.33. The highest BCUT2D eigenvalue weighted by Gasteiger charge is 2.31. The maximum atomic E-state index is 13.0. The lowest BCUT2D eigenvalue weighted by Gasteiger charge is -2.36. The predicted octanol–water partition coefficient (Wildman–Crippen LogP) is 3.36. The van der Waals surface area contributed by atoms with Crippen LogP contribution in [-0.4, -0.2) is 48.2 Å². The molecule has 0 aliphatic carbocycles. The number of rotatable bonds is 5. The van der Waals surface area contributed by atoms with Gasteiger partial charge in [0.25, 0.3) is 0 Å². The molecule has 7 heteroatoms. The Morgan fingerprint density at radius 3 is 2.35 bits per heavy atom. The van der Waals surface area contributed by atoms with Gasteiger partial charge in [0.05, 0.1) is 0 Å². The van der Waals surface area contributed by atoms with Crippen LogP contribution >= 0.6 is 0 Å². The zero-order chi connectivity index (χ0) is 21.8. The van der Waals surface area contributed by atoms with Crippen LogP contribution in [0, 0.1) is 10.8 Å². The molecule has 0 amide bonds. The Hall–Kier alpha value is -3.35. The van der Waals surface area contributed by atoms with Gasteiger partial charge in [0.2, 0.25) is 0 Å². The maximum absolute atomic E-state index is 13.0. The molecule has 0 unspecified atom stereocenters. The maximum Gasteiger partial charge on any atom is 0.334 e. The summed E-state index contributed by atoms with van der Waals surface area (Å²) in [6, 6.07) is 14.3. The molecule has 2 aromatic rings. The molecule has 2 aliphatic rings. The smallest absolute Gasteiger partial charge is 0.334 e. The van der Waals surface area contributed by atoms with Crippen LogP contribution < -0.4 is 15.4 Å². The number of anilines is 1. The molecule has 2 aromatic carbocycles. The van der Waals surface area contributed by atoms with E-state index in [0.717, 1.165) is 63.0 Å². The standard InChI is InChI=1S/C24H29N5O2/c25-22(26)18-6-5-7-19(16-18)29-15-2-1-8-21(29)24(30)31-20-11-9-17(10-12-20)23(27)28-13-3-4-14-28/h5-7,9-12,16,21,27H,1-4,8,13-15H2,(H3,25,26)/t21-/m1/s1. The van der Waals surface area contributed by atoms with Crippen LogP contribution in [0.15, 0.2) is 48.5 Å². The summed E-state index contributed by atoms with van der Waals surface area (Å²) in [6.45, 7) is 2.61. The molecular weight excluding hydrogens is 390 g/mol. The number of hydrogen-bond acceptors (Lipinski definition) is 5. The van der Waals surface area contributed by atoms with Gasteiger partial charge in [-0.3, -0.25) is 10.8 Å². The van der Waals surface area contributed by atoms with Gasteiger partial charge in [0.15, 0.2) is 0 Å². The number of ether oxygens (including phenoxy) is 1. The van der Waals surface area contributed by atoms with Crippen molar-refractivity contribution in [2.75, 3.05) is 24.5 Å². The molecule has 1 atom stereocenters. The molecular formula is C24H29N5O2. The van der Waals surface area contributed by atoms with Gasteiger partial charge < -0.3 is 20.3 Å². The summed E-state index contributed by atoms with van der Waals surface area (Å²) >= 11 is 0. The van der Waals surface area contributed by atoms with Crippen molar-refractivity contribution < 1.29 is 9.53 Å². The fourth-order valence-corrected chi connectivity index (χ4v) is 4.33. The molecule has 2 saturated heterocycles. The Kier molecular flexibility index (Phi) is 6.21. The van der Waals surface area contributed by atoms with Crippen LogP contribution in [0.3, 0.4) is 0 Å². The van der Waals surface area contributed by atoms with Gasteiger partial charge in [-0.15, -0.1) is 0 Å². The van der Waals surface area contributed by atoms with Gasteiger partial charge in [-0.05, 0) is 68.5 Å². The summed E-state index contributed by atoms with van der Waals surface area (Å²) in [6.07, 6.45) is 4.95. The van der Waals surface area contributed by atoms with Gasteiger partial charge in [0, 0.05) is 36.4 Å². The first kappa shape index (κ1) is 20.9. The summed E-state index contributed by atoms with van der Waals surface area (Å²) in [7, 11) is 0. The summed E-state index contributed by atoms with van der Waals surface area (Å²) in [5.41, 5.74) is 8.00. The third kappa shape index (κ3) is 4.71. The molecule has 4 rings (SSSR count). The van der Waals surface area contributed by atoms with Crippen molar-refractivity contribution in [1.29, 1.82) is 10.8 Å². The molecule has 0 saturated carbocycles. The minimum atomic E-state index is -0.376. The van der Waals surface area contributed by atoms with Gasteiger partial charge in [-0.1, -0.05) is 12.1 Å². The number of hydrogen-bond donors (Lipinski definition) is 3. The first-order valence-corrected chi connectivity index (χ1v) is 10.9. The van der Waals surface area contributed by atoms with E-state index < -0.39 is 0 Å². The summed E-state index contributed by atoms with van der Waals surface area (Å²) < 4.78 is 5.71. The van der Waals surface area contributed by atoms with Gasteiger partial charge >= 0.3 is 5.97 Å². The van der Waals surface area contributed by atoms with E-state index in [1.54, 1.807) is 18.2 Å². The predicted molar refractivity (Wildman–Crippen MR) is 122 cm³/mol. The first-order valence-electron chi connectivity index (χ1n) is 10.9. The number of piperidine rings is 1. The zero-order valence-corrected chi connectivity index (χ0v) is 17.6. The largest absolute Gasteiger partial charge is 0.425 e. The Bertz CT molecular complexity index is 966. The van der Waals surface area contributed by atoms with E-state index in [-0.39, 0.29) is 17.8 Å². The molecule has 2 aliphatic heterocycles. The highest BCUT2D eigenvalue weighted by atomic mass is 16.5. The third-order valence-corrected chi connectivity index (χ3v) is 6.03. The number of nitrogens with two attached hydrogens (primary N) is 1. The van der Waals surface area contributed by atoms with Crippen molar-refractivity contribution in [3.05, 3.63) is 59.7 Å². The summed E-state index contributed by atoms with van der Waals surface area (Å²) in [4.78, 5) is 17.1. The van der Waals surface area contributed by atoms with Crippen LogP contribution in [0.1, 0.15) is 43.2 Å². The zero-order valence-electron chi connectivity index (χ0n) is 17.6. The normalized spacial score (nSPS) is 18.6. The quantitative estimate of drug-likeness (QED) is 0.298. The number of benzene rings is 2. The van der Waals surface area contributed by atoms with Crippen molar-refractivity contribution >= 4 is 23.3 Å². The van der Waals surface area contributed by atoms with E-state index in [1.807, 2.05) is 30.3 Å². The Morgan fingerprint density at radius 1 is 0.935 bits per heavy atom. The topological polar surface area (TPSA) is 107 Å². The molecule has 2 heterocycles. The van der Waals surface area contributed by atoms with Crippen molar-refractivity contribution in [2.24, 2.45) is 5.73 Å². The van der Waals surface area contributed by atoms with E-state index in [1.165, 1.54) is 0 Å². The third-order valence-electron chi connectivity index (χ3n) is 6.03. The number of esters is 1. The molecule has 4 N–H and O–H groups in total. The molecule has 162 valence electrons. The van der Waals surface area contributed by atoms with Crippen LogP contribution in [0.5, 0.6) is 5.75 Å². The van der Waals surface area contributed by atoms with Crippen LogP contribution in [0.4, 0.5) is 5.69 Å². The minimum absolute atomic E-state index is 0.0116.